The second-order valence-electron chi connectivity index (χ2n) is 7.21. The van der Waals surface area contributed by atoms with Crippen LogP contribution in [-0.4, -0.2) is 41.1 Å². The average molecular weight is 412 g/mol. The number of amides is 1. The van der Waals surface area contributed by atoms with Gasteiger partial charge in [0.2, 0.25) is 5.91 Å². The lowest BCUT2D eigenvalue weighted by Crippen LogP contribution is -2.35. The van der Waals surface area contributed by atoms with E-state index in [1.807, 2.05) is 0 Å². The Morgan fingerprint density at radius 2 is 1.63 bits per heavy atom. The van der Waals surface area contributed by atoms with Crippen LogP contribution in [0.15, 0.2) is 48.5 Å². The molecule has 2 aromatic rings. The standard InChI is InChI=1S/C23H29N3O4/c1-3-5-14-25(15-6-4-2)17-22(27)24-21-13-12-19(26(29)30)16-20(21)23(28)18-10-8-7-9-11-18/h7-13,16H,3-6,14-15,17H2,1-2H3,(H,24,27). The fourth-order valence-corrected chi connectivity index (χ4v) is 3.11. The topological polar surface area (TPSA) is 92.6 Å². The van der Waals surface area contributed by atoms with Crippen molar-refractivity contribution in [3.05, 3.63) is 69.8 Å². The number of nitro benzene ring substituents is 1. The summed E-state index contributed by atoms with van der Waals surface area (Å²) in [6, 6.07) is 12.5. The molecule has 0 bridgehead atoms. The number of hydrogen-bond acceptors (Lipinski definition) is 5. The van der Waals surface area contributed by atoms with Crippen molar-refractivity contribution in [1.29, 1.82) is 0 Å². The molecule has 0 unspecified atom stereocenters. The lowest BCUT2D eigenvalue weighted by molar-refractivity contribution is -0.384. The summed E-state index contributed by atoms with van der Waals surface area (Å²) in [4.78, 5) is 38.4. The van der Waals surface area contributed by atoms with Crippen molar-refractivity contribution in [1.82, 2.24) is 4.90 Å². The van der Waals surface area contributed by atoms with Crippen molar-refractivity contribution in [3.8, 4) is 0 Å². The summed E-state index contributed by atoms with van der Waals surface area (Å²) in [6.45, 7) is 6.10. The first-order chi connectivity index (χ1) is 14.5. The minimum Gasteiger partial charge on any atom is -0.324 e. The van der Waals surface area contributed by atoms with Crippen molar-refractivity contribution >= 4 is 23.1 Å². The molecule has 7 nitrogen and oxygen atoms in total. The van der Waals surface area contributed by atoms with Gasteiger partial charge in [-0.2, -0.15) is 0 Å². The number of rotatable bonds is 12. The third-order valence-electron chi connectivity index (χ3n) is 4.79. The summed E-state index contributed by atoms with van der Waals surface area (Å²) in [5, 5.41) is 14.0. The van der Waals surface area contributed by atoms with E-state index >= 15 is 0 Å². The number of unbranched alkanes of at least 4 members (excludes halogenated alkanes) is 2. The normalized spacial score (nSPS) is 10.8. The number of nitro groups is 1. The maximum Gasteiger partial charge on any atom is 0.270 e. The van der Waals surface area contributed by atoms with Crippen LogP contribution in [0, 0.1) is 10.1 Å². The van der Waals surface area contributed by atoms with E-state index in [4.69, 9.17) is 0 Å². The van der Waals surface area contributed by atoms with Gasteiger partial charge in [0.25, 0.3) is 5.69 Å². The number of carbonyl (C=O) groups is 2. The molecule has 0 spiro atoms. The van der Waals surface area contributed by atoms with Crippen LogP contribution in [0.4, 0.5) is 11.4 Å². The molecule has 0 saturated heterocycles. The van der Waals surface area contributed by atoms with Gasteiger partial charge >= 0.3 is 0 Å². The van der Waals surface area contributed by atoms with Crippen LogP contribution in [0.1, 0.15) is 55.5 Å². The Balaban J connectivity index is 2.23. The second kappa shape index (κ2) is 11.8. The van der Waals surface area contributed by atoms with E-state index in [2.05, 4.69) is 24.1 Å². The Bertz CT molecular complexity index is 860. The number of anilines is 1. The maximum absolute atomic E-state index is 12.9. The van der Waals surface area contributed by atoms with Gasteiger partial charge in [-0.25, -0.2) is 0 Å². The Labute approximate surface area is 177 Å². The Morgan fingerprint density at radius 1 is 1.00 bits per heavy atom. The number of hydrogen-bond donors (Lipinski definition) is 1. The van der Waals surface area contributed by atoms with E-state index in [1.54, 1.807) is 30.3 Å². The van der Waals surface area contributed by atoms with Gasteiger partial charge in [0.1, 0.15) is 0 Å². The van der Waals surface area contributed by atoms with E-state index in [9.17, 15) is 19.7 Å². The molecule has 0 radical (unpaired) electrons. The van der Waals surface area contributed by atoms with E-state index in [-0.39, 0.29) is 35.2 Å². The Hall–Kier alpha value is -3.06. The molecule has 0 aromatic heterocycles. The number of nitrogens with one attached hydrogen (secondary N) is 1. The zero-order valence-electron chi connectivity index (χ0n) is 17.6. The molecule has 0 atom stereocenters. The maximum atomic E-state index is 12.9. The number of carbonyl (C=O) groups excluding carboxylic acids is 2. The van der Waals surface area contributed by atoms with Crippen molar-refractivity contribution in [2.75, 3.05) is 25.0 Å². The predicted octanol–water partition coefficient (Wildman–Crippen LogP) is 4.67. The summed E-state index contributed by atoms with van der Waals surface area (Å²) >= 11 is 0. The molecule has 0 aliphatic heterocycles. The van der Waals surface area contributed by atoms with Gasteiger partial charge in [-0.15, -0.1) is 0 Å². The molecule has 1 N–H and O–H groups in total. The van der Waals surface area contributed by atoms with E-state index in [1.165, 1.54) is 18.2 Å². The molecule has 2 aromatic carbocycles. The number of benzene rings is 2. The summed E-state index contributed by atoms with van der Waals surface area (Å²) in [7, 11) is 0. The summed E-state index contributed by atoms with van der Waals surface area (Å²) in [5.74, 6) is -0.610. The molecule has 0 heterocycles. The second-order valence-corrected chi connectivity index (χ2v) is 7.21. The SMILES string of the molecule is CCCCN(CCCC)CC(=O)Nc1ccc([N+](=O)[O-])cc1C(=O)c1ccccc1. The highest BCUT2D eigenvalue weighted by Crippen LogP contribution is 2.25. The molecular weight excluding hydrogens is 382 g/mol. The molecule has 0 aliphatic carbocycles. The van der Waals surface area contributed by atoms with E-state index in [0.29, 0.717) is 5.56 Å². The van der Waals surface area contributed by atoms with Gasteiger partial charge < -0.3 is 5.32 Å². The number of nitrogens with zero attached hydrogens (tertiary/aromatic N) is 2. The Kier molecular flexibility index (Phi) is 9.15. The zero-order valence-corrected chi connectivity index (χ0v) is 17.6. The van der Waals surface area contributed by atoms with Crippen LogP contribution in [0.3, 0.4) is 0 Å². The van der Waals surface area contributed by atoms with Gasteiger partial charge in [-0.05, 0) is 32.0 Å². The van der Waals surface area contributed by atoms with Crippen LogP contribution in [0.5, 0.6) is 0 Å². The predicted molar refractivity (Wildman–Crippen MR) is 118 cm³/mol. The van der Waals surface area contributed by atoms with Crippen LogP contribution in [-0.2, 0) is 4.79 Å². The van der Waals surface area contributed by atoms with Crippen molar-refractivity contribution in [2.24, 2.45) is 0 Å². The largest absolute Gasteiger partial charge is 0.324 e. The highest BCUT2D eigenvalue weighted by molar-refractivity contribution is 6.14. The van der Waals surface area contributed by atoms with Gasteiger partial charge in [0, 0.05) is 17.7 Å². The van der Waals surface area contributed by atoms with Gasteiger partial charge in [0.15, 0.2) is 5.78 Å². The summed E-state index contributed by atoms with van der Waals surface area (Å²) in [5.41, 5.74) is 0.601. The third-order valence-corrected chi connectivity index (χ3v) is 4.79. The van der Waals surface area contributed by atoms with Crippen LogP contribution in [0.2, 0.25) is 0 Å². The molecule has 2 rings (SSSR count). The fourth-order valence-electron chi connectivity index (χ4n) is 3.11. The molecular formula is C23H29N3O4. The number of non-ortho nitro benzene ring substituents is 1. The molecule has 0 aliphatic rings. The molecule has 160 valence electrons. The monoisotopic (exact) mass is 411 g/mol. The van der Waals surface area contributed by atoms with Crippen LogP contribution < -0.4 is 5.32 Å². The minimum atomic E-state index is -0.551. The van der Waals surface area contributed by atoms with Crippen molar-refractivity contribution < 1.29 is 14.5 Å². The molecule has 0 saturated carbocycles. The van der Waals surface area contributed by atoms with Crippen LogP contribution in [0.25, 0.3) is 0 Å². The average Bonchev–Trinajstić information content (AvgIpc) is 2.75. The first kappa shape index (κ1) is 23.2. The van der Waals surface area contributed by atoms with Crippen molar-refractivity contribution in [3.63, 3.8) is 0 Å². The summed E-state index contributed by atoms with van der Waals surface area (Å²) in [6.07, 6.45) is 4.10. The smallest absolute Gasteiger partial charge is 0.270 e. The quantitative estimate of drug-likeness (QED) is 0.311. The highest BCUT2D eigenvalue weighted by atomic mass is 16.6. The Morgan fingerprint density at radius 3 is 2.20 bits per heavy atom. The summed E-state index contributed by atoms with van der Waals surface area (Å²) < 4.78 is 0. The van der Waals surface area contributed by atoms with Crippen molar-refractivity contribution in [2.45, 2.75) is 39.5 Å². The van der Waals surface area contributed by atoms with E-state index < -0.39 is 4.92 Å². The van der Waals surface area contributed by atoms with Gasteiger partial charge in [-0.1, -0.05) is 57.0 Å². The zero-order chi connectivity index (χ0) is 21.9. The minimum absolute atomic E-state index is 0.109. The lowest BCUT2D eigenvalue weighted by atomic mass is 10.0. The number of ketones is 1. The molecule has 0 fully saturated rings. The molecule has 30 heavy (non-hydrogen) atoms. The lowest BCUT2D eigenvalue weighted by Gasteiger charge is -2.21. The third kappa shape index (κ3) is 6.77. The van der Waals surface area contributed by atoms with E-state index in [0.717, 1.165) is 38.8 Å². The highest BCUT2D eigenvalue weighted by Gasteiger charge is 2.20. The van der Waals surface area contributed by atoms with Crippen LogP contribution >= 0.6 is 0 Å². The first-order valence-electron chi connectivity index (χ1n) is 10.4. The van der Waals surface area contributed by atoms with Gasteiger partial charge in [0.05, 0.1) is 22.7 Å². The fraction of sp³-hybridized carbons (Fsp3) is 0.391. The molecule has 7 heteroatoms. The van der Waals surface area contributed by atoms with Gasteiger partial charge in [-0.3, -0.25) is 24.6 Å². The molecule has 1 amide bonds. The first-order valence-corrected chi connectivity index (χ1v) is 10.4.